The Morgan fingerprint density at radius 3 is 2.00 bits per heavy atom. The molecule has 0 aliphatic heterocycles. The van der Waals surface area contributed by atoms with E-state index in [4.69, 9.17) is 0 Å². The van der Waals surface area contributed by atoms with Crippen LogP contribution in [0.1, 0.15) is 51.1 Å². The molecule has 0 aliphatic rings. The van der Waals surface area contributed by atoms with Gasteiger partial charge in [0.05, 0.1) is 16.6 Å². The molecule has 1 N–H and O–H groups in total. The van der Waals surface area contributed by atoms with E-state index in [1.165, 1.54) is 22.5 Å². The van der Waals surface area contributed by atoms with Gasteiger partial charge in [0.15, 0.2) is 0 Å². The zero-order chi connectivity index (χ0) is 23.6. The average molecular weight is 451 g/mol. The van der Waals surface area contributed by atoms with E-state index in [1.54, 1.807) is 48.5 Å². The van der Waals surface area contributed by atoms with Crippen molar-refractivity contribution in [3.63, 3.8) is 0 Å². The average Bonchev–Trinajstić information content (AvgIpc) is 2.76. The third-order valence-corrected chi connectivity index (χ3v) is 7.67. The minimum Gasteiger partial charge on any atom is -0.346 e. The monoisotopic (exact) mass is 450 g/mol. The van der Waals surface area contributed by atoms with E-state index in [2.05, 4.69) is 31.3 Å². The van der Waals surface area contributed by atoms with Gasteiger partial charge in [0, 0.05) is 12.6 Å². The van der Waals surface area contributed by atoms with Gasteiger partial charge >= 0.3 is 0 Å². The van der Waals surface area contributed by atoms with Crippen molar-refractivity contribution in [1.29, 1.82) is 0 Å². The third-order valence-electron chi connectivity index (χ3n) is 5.87. The fourth-order valence-corrected chi connectivity index (χ4v) is 4.83. The van der Waals surface area contributed by atoms with Crippen LogP contribution in [0.25, 0.3) is 0 Å². The van der Waals surface area contributed by atoms with Crippen LogP contribution in [0, 0.1) is 27.7 Å². The maximum absolute atomic E-state index is 12.9. The van der Waals surface area contributed by atoms with Crippen LogP contribution in [0.4, 0.5) is 5.69 Å². The van der Waals surface area contributed by atoms with Gasteiger partial charge in [0.1, 0.15) is 0 Å². The second-order valence-electron chi connectivity index (χ2n) is 8.32. The van der Waals surface area contributed by atoms with Crippen LogP contribution in [0.15, 0.2) is 65.6 Å². The summed E-state index contributed by atoms with van der Waals surface area (Å²) in [6.07, 6.45) is 0. The van der Waals surface area contributed by atoms with Crippen LogP contribution >= 0.6 is 0 Å². The Labute approximate surface area is 191 Å². The lowest BCUT2D eigenvalue weighted by Gasteiger charge is -2.21. The molecular formula is C26H30N2O3S. The Morgan fingerprint density at radius 1 is 0.844 bits per heavy atom. The first-order chi connectivity index (χ1) is 15.0. The van der Waals surface area contributed by atoms with Gasteiger partial charge in [-0.05, 0) is 93.3 Å². The number of hydrogen-bond acceptors (Lipinski definition) is 3. The van der Waals surface area contributed by atoms with Crippen molar-refractivity contribution in [2.45, 2.75) is 45.6 Å². The molecule has 5 nitrogen and oxygen atoms in total. The van der Waals surface area contributed by atoms with Gasteiger partial charge in [-0.15, -0.1) is 0 Å². The molecule has 3 rings (SSSR count). The molecule has 0 heterocycles. The first-order valence-corrected chi connectivity index (χ1v) is 12.0. The molecule has 1 atom stereocenters. The number of amides is 1. The summed E-state index contributed by atoms with van der Waals surface area (Å²) in [6.45, 7) is 10.1. The van der Waals surface area contributed by atoms with Crippen LogP contribution in [-0.4, -0.2) is 21.4 Å². The molecular weight excluding hydrogens is 420 g/mol. The molecule has 0 aliphatic carbocycles. The van der Waals surface area contributed by atoms with Crippen LogP contribution in [0.3, 0.4) is 0 Å². The number of rotatable bonds is 6. The number of sulfonamides is 1. The summed E-state index contributed by atoms with van der Waals surface area (Å²) >= 11 is 0. The molecule has 32 heavy (non-hydrogen) atoms. The molecule has 0 saturated heterocycles. The first kappa shape index (κ1) is 23.5. The second kappa shape index (κ2) is 9.17. The van der Waals surface area contributed by atoms with E-state index in [9.17, 15) is 13.2 Å². The highest BCUT2D eigenvalue weighted by Crippen LogP contribution is 2.24. The Bertz CT molecular complexity index is 1230. The van der Waals surface area contributed by atoms with Gasteiger partial charge in [0.2, 0.25) is 0 Å². The fourth-order valence-electron chi connectivity index (χ4n) is 3.64. The largest absolute Gasteiger partial charge is 0.346 e. The van der Waals surface area contributed by atoms with Crippen LogP contribution in [0.2, 0.25) is 0 Å². The van der Waals surface area contributed by atoms with Gasteiger partial charge in [-0.2, -0.15) is 0 Å². The highest BCUT2D eigenvalue weighted by molar-refractivity contribution is 7.92. The fraction of sp³-hybridized carbons (Fsp3) is 0.269. The topological polar surface area (TPSA) is 66.5 Å². The van der Waals surface area contributed by atoms with Gasteiger partial charge in [-0.25, -0.2) is 8.42 Å². The molecule has 0 spiro atoms. The molecule has 168 valence electrons. The van der Waals surface area contributed by atoms with Gasteiger partial charge in [0.25, 0.3) is 15.9 Å². The Balaban J connectivity index is 1.75. The van der Waals surface area contributed by atoms with Crippen molar-refractivity contribution in [3.8, 4) is 0 Å². The predicted octanol–water partition coefficient (Wildman–Crippen LogP) is 5.24. The summed E-state index contributed by atoms with van der Waals surface area (Å²) in [6, 6.07) is 17.4. The minimum atomic E-state index is -3.68. The lowest BCUT2D eigenvalue weighted by Crippen LogP contribution is -2.28. The normalized spacial score (nSPS) is 12.3. The first-order valence-electron chi connectivity index (χ1n) is 10.5. The number of benzene rings is 3. The highest BCUT2D eigenvalue weighted by Gasteiger charge is 2.21. The quantitative estimate of drug-likeness (QED) is 0.559. The van der Waals surface area contributed by atoms with Crippen LogP contribution in [-0.2, 0) is 10.0 Å². The number of hydrogen-bond donors (Lipinski definition) is 1. The molecule has 0 bridgehead atoms. The maximum atomic E-state index is 12.9. The number of nitrogens with one attached hydrogen (secondary N) is 1. The van der Waals surface area contributed by atoms with Gasteiger partial charge in [-0.3, -0.25) is 9.10 Å². The Kier molecular flexibility index (Phi) is 6.74. The lowest BCUT2D eigenvalue weighted by molar-refractivity contribution is 0.0940. The summed E-state index contributed by atoms with van der Waals surface area (Å²) in [5, 5.41) is 3.04. The lowest BCUT2D eigenvalue weighted by atomic mass is 9.96. The summed E-state index contributed by atoms with van der Waals surface area (Å²) in [7, 11) is -2.17. The number of nitrogens with zero attached hydrogens (tertiary/aromatic N) is 1. The summed E-state index contributed by atoms with van der Waals surface area (Å²) in [4.78, 5) is 13.0. The third kappa shape index (κ3) is 4.86. The molecule has 3 aromatic carbocycles. The highest BCUT2D eigenvalue weighted by atomic mass is 32.2. The summed E-state index contributed by atoms with van der Waals surface area (Å²) < 4.78 is 27.0. The predicted molar refractivity (Wildman–Crippen MR) is 130 cm³/mol. The number of aryl methyl sites for hydroxylation is 4. The molecule has 0 radical (unpaired) electrons. The van der Waals surface area contributed by atoms with Crippen LogP contribution < -0.4 is 9.62 Å². The van der Waals surface area contributed by atoms with E-state index in [0.717, 1.165) is 16.7 Å². The molecule has 3 aromatic rings. The van der Waals surface area contributed by atoms with Crippen molar-refractivity contribution in [3.05, 3.63) is 94.0 Å². The molecule has 1 unspecified atom stereocenters. The van der Waals surface area contributed by atoms with Crippen molar-refractivity contribution >= 4 is 21.6 Å². The maximum Gasteiger partial charge on any atom is 0.264 e. The second-order valence-corrected chi connectivity index (χ2v) is 10.3. The summed E-state index contributed by atoms with van der Waals surface area (Å²) in [5.74, 6) is -0.203. The summed E-state index contributed by atoms with van der Waals surface area (Å²) in [5.41, 5.74) is 6.59. The molecule has 0 aromatic heterocycles. The van der Waals surface area contributed by atoms with E-state index < -0.39 is 10.0 Å². The van der Waals surface area contributed by atoms with Crippen molar-refractivity contribution in [2.75, 3.05) is 11.4 Å². The smallest absolute Gasteiger partial charge is 0.264 e. The molecule has 1 amide bonds. The number of carbonyl (C=O) groups is 1. The number of carbonyl (C=O) groups excluding carboxylic acids is 1. The van der Waals surface area contributed by atoms with Crippen LogP contribution in [0.5, 0.6) is 0 Å². The van der Waals surface area contributed by atoms with Crippen molar-refractivity contribution in [1.82, 2.24) is 5.32 Å². The molecule has 6 heteroatoms. The van der Waals surface area contributed by atoms with E-state index in [-0.39, 0.29) is 16.8 Å². The zero-order valence-electron chi connectivity index (χ0n) is 19.4. The van der Waals surface area contributed by atoms with E-state index >= 15 is 0 Å². The van der Waals surface area contributed by atoms with Crippen molar-refractivity contribution in [2.24, 2.45) is 0 Å². The SMILES string of the molecule is Cc1ccc(S(=O)(=O)N(C)c2ccc(C(=O)NC(C)c3cc(C)c(C)cc3C)cc2)cc1. The van der Waals surface area contributed by atoms with Gasteiger partial charge in [-0.1, -0.05) is 29.8 Å². The Hall–Kier alpha value is -3.12. The molecule has 0 fully saturated rings. The standard InChI is InChI=1S/C26H30N2O3S/c1-17-7-13-24(14-8-17)32(30,31)28(6)23-11-9-22(10-12-23)26(29)27-21(5)25-16-19(3)18(2)15-20(25)4/h7-16,21H,1-6H3,(H,27,29). The van der Waals surface area contributed by atoms with E-state index in [0.29, 0.717) is 11.3 Å². The molecule has 0 saturated carbocycles. The number of anilines is 1. The minimum absolute atomic E-state index is 0.147. The van der Waals surface area contributed by atoms with Gasteiger partial charge < -0.3 is 5.32 Å². The Morgan fingerprint density at radius 2 is 1.41 bits per heavy atom. The van der Waals surface area contributed by atoms with Crippen molar-refractivity contribution < 1.29 is 13.2 Å². The van der Waals surface area contributed by atoms with E-state index in [1.807, 2.05) is 20.8 Å². The zero-order valence-corrected chi connectivity index (χ0v) is 20.2.